The van der Waals surface area contributed by atoms with Crippen LogP contribution >= 0.6 is 0 Å². The number of rotatable bonds is 6. The highest BCUT2D eigenvalue weighted by molar-refractivity contribution is 5.77. The zero-order chi connectivity index (χ0) is 18.5. The van der Waals surface area contributed by atoms with Crippen LogP contribution in [0.1, 0.15) is 18.5 Å². The van der Waals surface area contributed by atoms with Crippen LogP contribution < -0.4 is 4.74 Å². The number of aryl methyl sites for hydroxylation is 1. The van der Waals surface area contributed by atoms with Crippen molar-refractivity contribution >= 4 is 16.9 Å². The average molecular weight is 358 g/mol. The van der Waals surface area contributed by atoms with Gasteiger partial charge in [0.1, 0.15) is 5.69 Å². The minimum atomic E-state index is 0.109. The van der Waals surface area contributed by atoms with E-state index < -0.39 is 0 Å². The summed E-state index contributed by atoms with van der Waals surface area (Å²) in [5, 5.41) is 9.20. The lowest BCUT2D eigenvalue weighted by atomic mass is 10.1. The molecule has 1 unspecified atom stereocenters. The normalized spacial score (nSPS) is 18.3. The number of aromatic nitrogens is 2. The number of para-hydroxylation sites is 2. The number of piperazine rings is 1. The summed E-state index contributed by atoms with van der Waals surface area (Å²) in [7, 11) is 3.61. The van der Waals surface area contributed by atoms with E-state index in [1.54, 1.807) is 7.11 Å². The maximum Gasteiger partial charge on any atom is 0.235 e. The quantitative estimate of drug-likeness (QED) is 0.833. The van der Waals surface area contributed by atoms with Crippen LogP contribution in [0.2, 0.25) is 0 Å². The largest absolute Gasteiger partial charge is 0.480 e. The van der Waals surface area contributed by atoms with Gasteiger partial charge in [-0.3, -0.25) is 9.69 Å². The fraction of sp³-hybridized carbons (Fsp3) is 0.526. The van der Waals surface area contributed by atoms with Crippen LogP contribution in [0.4, 0.5) is 0 Å². The van der Waals surface area contributed by atoms with Crippen molar-refractivity contribution in [1.29, 1.82) is 0 Å². The lowest BCUT2D eigenvalue weighted by Gasteiger charge is -2.39. The molecule has 7 nitrogen and oxygen atoms in total. The van der Waals surface area contributed by atoms with Crippen LogP contribution in [-0.4, -0.2) is 77.2 Å². The van der Waals surface area contributed by atoms with Gasteiger partial charge in [-0.05, 0) is 25.6 Å². The van der Waals surface area contributed by atoms with Crippen LogP contribution in [0, 0.1) is 0 Å². The molecule has 2 heterocycles. The second-order valence-corrected chi connectivity index (χ2v) is 6.65. The Kier molecular flexibility index (Phi) is 6.00. The number of hydrogen-bond acceptors (Lipinski definition) is 6. The van der Waals surface area contributed by atoms with E-state index in [1.165, 1.54) is 0 Å². The first-order valence-electron chi connectivity index (χ1n) is 9.01. The molecular weight excluding hydrogens is 332 g/mol. The molecule has 26 heavy (non-hydrogen) atoms. The first kappa shape index (κ1) is 18.5. The summed E-state index contributed by atoms with van der Waals surface area (Å²) in [6, 6.07) is 7.85. The van der Waals surface area contributed by atoms with Crippen molar-refractivity contribution in [2.75, 3.05) is 40.4 Å². The number of ether oxygens (including phenoxy) is 1. The molecule has 0 bridgehead atoms. The van der Waals surface area contributed by atoms with Gasteiger partial charge < -0.3 is 14.7 Å². The highest BCUT2D eigenvalue weighted by atomic mass is 16.5. The van der Waals surface area contributed by atoms with Crippen molar-refractivity contribution in [3.8, 4) is 5.88 Å². The van der Waals surface area contributed by atoms with Crippen molar-refractivity contribution in [2.45, 2.75) is 25.3 Å². The number of carbonyl (C=O) groups excluding carboxylic acids is 1. The Morgan fingerprint density at radius 3 is 2.69 bits per heavy atom. The number of carbonyl (C=O) groups is 1. The number of likely N-dealkylation sites (N-methyl/N-ethyl adjacent to an activating group) is 1. The standard InChI is InChI=1S/C19H26N4O3/c1-22-10-11-23(13-14(22)9-12-24)18(25)8-7-17-19(26-2)21-16-6-4-3-5-15(16)20-17/h3-6,14,24H,7-13H2,1-2H3. The predicted octanol–water partition coefficient (Wildman–Crippen LogP) is 1.10. The monoisotopic (exact) mass is 358 g/mol. The van der Waals surface area contributed by atoms with Crippen molar-refractivity contribution in [3.63, 3.8) is 0 Å². The maximum atomic E-state index is 12.6. The van der Waals surface area contributed by atoms with Crippen LogP contribution in [0.15, 0.2) is 24.3 Å². The smallest absolute Gasteiger partial charge is 0.235 e. The van der Waals surface area contributed by atoms with Crippen LogP contribution in [0.5, 0.6) is 5.88 Å². The number of amides is 1. The number of benzene rings is 1. The average Bonchev–Trinajstić information content (AvgIpc) is 2.67. The molecule has 7 heteroatoms. The van der Waals surface area contributed by atoms with E-state index in [9.17, 15) is 9.90 Å². The lowest BCUT2D eigenvalue weighted by Crippen LogP contribution is -2.53. The number of aliphatic hydroxyl groups excluding tert-OH is 1. The second kappa shape index (κ2) is 8.42. The third kappa shape index (κ3) is 4.11. The van der Waals surface area contributed by atoms with Gasteiger partial charge in [-0.1, -0.05) is 12.1 Å². The molecule has 2 aromatic rings. The van der Waals surface area contributed by atoms with Crippen molar-refractivity contribution in [1.82, 2.24) is 19.8 Å². The Balaban J connectivity index is 1.66. The van der Waals surface area contributed by atoms with Crippen LogP contribution in [0.3, 0.4) is 0 Å². The molecule has 1 aromatic carbocycles. The first-order valence-corrected chi connectivity index (χ1v) is 9.01. The number of fused-ring (bicyclic) bond motifs is 1. The minimum Gasteiger partial charge on any atom is -0.480 e. The Hall–Kier alpha value is -2.25. The topological polar surface area (TPSA) is 78.8 Å². The third-order valence-electron chi connectivity index (χ3n) is 4.97. The molecule has 0 saturated carbocycles. The third-order valence-corrected chi connectivity index (χ3v) is 4.97. The van der Waals surface area contributed by atoms with Gasteiger partial charge in [0.15, 0.2) is 0 Å². The molecule has 1 amide bonds. The van der Waals surface area contributed by atoms with Crippen molar-refractivity contribution < 1.29 is 14.6 Å². The van der Waals surface area contributed by atoms with Gasteiger partial charge >= 0.3 is 0 Å². The van der Waals surface area contributed by atoms with Gasteiger partial charge in [0.2, 0.25) is 11.8 Å². The van der Waals surface area contributed by atoms with E-state index in [0.717, 1.165) is 24.1 Å². The number of hydrogen-bond donors (Lipinski definition) is 1. The molecule has 1 aliphatic rings. The zero-order valence-corrected chi connectivity index (χ0v) is 15.4. The SMILES string of the molecule is COc1nc2ccccc2nc1CCC(=O)N1CCN(C)C(CCO)C1. The number of aliphatic hydroxyl groups is 1. The number of nitrogens with zero attached hydrogens (tertiary/aromatic N) is 4. The molecular formula is C19H26N4O3. The first-order chi connectivity index (χ1) is 12.6. The van der Waals surface area contributed by atoms with Gasteiger partial charge in [0.05, 0.1) is 18.1 Å². The molecule has 0 aliphatic carbocycles. The molecule has 1 fully saturated rings. The van der Waals surface area contributed by atoms with E-state index in [-0.39, 0.29) is 18.6 Å². The van der Waals surface area contributed by atoms with Crippen LogP contribution in [-0.2, 0) is 11.2 Å². The Morgan fingerprint density at radius 2 is 2.00 bits per heavy atom. The summed E-state index contributed by atoms with van der Waals surface area (Å²) in [6.45, 7) is 2.35. The van der Waals surface area contributed by atoms with E-state index >= 15 is 0 Å². The summed E-state index contributed by atoms with van der Waals surface area (Å²) in [5.41, 5.74) is 2.30. The van der Waals surface area contributed by atoms with Crippen LogP contribution in [0.25, 0.3) is 11.0 Å². The lowest BCUT2D eigenvalue weighted by molar-refractivity contribution is -0.134. The van der Waals surface area contributed by atoms with E-state index in [2.05, 4.69) is 14.9 Å². The molecule has 1 atom stereocenters. The van der Waals surface area contributed by atoms with E-state index in [4.69, 9.17) is 4.74 Å². The van der Waals surface area contributed by atoms with Crippen molar-refractivity contribution in [3.05, 3.63) is 30.0 Å². The van der Waals surface area contributed by atoms with Gasteiger partial charge in [0, 0.05) is 45.1 Å². The van der Waals surface area contributed by atoms with Gasteiger partial charge in [-0.15, -0.1) is 0 Å². The summed E-state index contributed by atoms with van der Waals surface area (Å²) >= 11 is 0. The van der Waals surface area contributed by atoms with Gasteiger partial charge in [-0.2, -0.15) is 0 Å². The van der Waals surface area contributed by atoms with Gasteiger partial charge in [0.25, 0.3) is 0 Å². The van der Waals surface area contributed by atoms with Crippen molar-refractivity contribution in [2.24, 2.45) is 0 Å². The summed E-state index contributed by atoms with van der Waals surface area (Å²) in [6.07, 6.45) is 1.56. The Labute approximate surface area is 153 Å². The Morgan fingerprint density at radius 1 is 1.27 bits per heavy atom. The predicted molar refractivity (Wildman–Crippen MR) is 99.1 cm³/mol. The molecule has 1 aromatic heterocycles. The highest BCUT2D eigenvalue weighted by Gasteiger charge is 2.26. The van der Waals surface area contributed by atoms with Gasteiger partial charge in [-0.25, -0.2) is 9.97 Å². The molecule has 1 N–H and O–H groups in total. The zero-order valence-electron chi connectivity index (χ0n) is 15.4. The number of methoxy groups -OCH3 is 1. The highest BCUT2D eigenvalue weighted by Crippen LogP contribution is 2.20. The van der Waals surface area contributed by atoms with E-state index in [1.807, 2.05) is 36.2 Å². The molecule has 1 aliphatic heterocycles. The molecule has 3 rings (SSSR count). The molecule has 1 saturated heterocycles. The fourth-order valence-electron chi connectivity index (χ4n) is 3.36. The summed E-state index contributed by atoms with van der Waals surface area (Å²) in [4.78, 5) is 25.8. The molecule has 140 valence electrons. The summed E-state index contributed by atoms with van der Waals surface area (Å²) < 4.78 is 5.36. The maximum absolute atomic E-state index is 12.6. The molecule has 0 radical (unpaired) electrons. The van der Waals surface area contributed by atoms with E-state index in [0.29, 0.717) is 37.4 Å². The fourth-order valence-corrected chi connectivity index (χ4v) is 3.36. The minimum absolute atomic E-state index is 0.109. The summed E-state index contributed by atoms with van der Waals surface area (Å²) in [5.74, 6) is 0.589. The second-order valence-electron chi connectivity index (χ2n) is 6.65. The Bertz CT molecular complexity index is 768. The molecule has 0 spiro atoms.